The van der Waals surface area contributed by atoms with E-state index in [0.29, 0.717) is 6.54 Å². The standard InChI is InChI=1S/C11H12N2O/c12-7-11-10(13-8-14-11)6-9-4-2-1-3-5-9/h1-5,8H,6-7,12H2. The average molecular weight is 188 g/mol. The molecule has 0 radical (unpaired) electrons. The number of nitrogens with zero attached hydrogens (tertiary/aromatic N) is 1. The molecule has 0 amide bonds. The van der Waals surface area contributed by atoms with Gasteiger partial charge >= 0.3 is 0 Å². The molecule has 2 rings (SSSR count). The lowest BCUT2D eigenvalue weighted by Crippen LogP contribution is -2.00. The summed E-state index contributed by atoms with van der Waals surface area (Å²) in [7, 11) is 0. The van der Waals surface area contributed by atoms with E-state index in [2.05, 4.69) is 17.1 Å². The minimum absolute atomic E-state index is 0.405. The smallest absolute Gasteiger partial charge is 0.181 e. The zero-order chi connectivity index (χ0) is 9.80. The Morgan fingerprint density at radius 3 is 2.71 bits per heavy atom. The summed E-state index contributed by atoms with van der Waals surface area (Å²) < 4.78 is 5.15. The van der Waals surface area contributed by atoms with Gasteiger partial charge in [0.05, 0.1) is 12.2 Å². The molecule has 14 heavy (non-hydrogen) atoms. The normalized spacial score (nSPS) is 10.4. The summed E-state index contributed by atoms with van der Waals surface area (Å²) in [6.45, 7) is 0.405. The molecular formula is C11H12N2O. The molecule has 3 nitrogen and oxygen atoms in total. The first-order valence-corrected chi connectivity index (χ1v) is 4.55. The van der Waals surface area contributed by atoms with E-state index in [-0.39, 0.29) is 0 Å². The number of hydrogen-bond donors (Lipinski definition) is 1. The van der Waals surface area contributed by atoms with Gasteiger partial charge in [0.1, 0.15) is 5.76 Å². The Labute approximate surface area is 82.6 Å². The third-order valence-corrected chi connectivity index (χ3v) is 2.13. The molecule has 1 aromatic carbocycles. The highest BCUT2D eigenvalue weighted by molar-refractivity contribution is 5.22. The van der Waals surface area contributed by atoms with E-state index in [1.165, 1.54) is 12.0 Å². The third kappa shape index (κ3) is 1.83. The highest BCUT2D eigenvalue weighted by Gasteiger charge is 2.06. The highest BCUT2D eigenvalue weighted by atomic mass is 16.3. The summed E-state index contributed by atoms with van der Waals surface area (Å²) in [6, 6.07) is 10.1. The van der Waals surface area contributed by atoms with Crippen LogP contribution in [0.3, 0.4) is 0 Å². The lowest BCUT2D eigenvalue weighted by molar-refractivity contribution is 0.504. The molecule has 0 bridgehead atoms. The van der Waals surface area contributed by atoms with Gasteiger partial charge in [-0.15, -0.1) is 0 Å². The monoisotopic (exact) mass is 188 g/mol. The Balaban J connectivity index is 2.19. The number of nitrogens with two attached hydrogens (primary N) is 1. The Kier molecular flexibility index (Phi) is 2.60. The van der Waals surface area contributed by atoms with Crippen molar-refractivity contribution in [3.8, 4) is 0 Å². The molecule has 0 aliphatic rings. The Morgan fingerprint density at radius 2 is 2.00 bits per heavy atom. The quantitative estimate of drug-likeness (QED) is 0.798. The van der Waals surface area contributed by atoms with Crippen molar-refractivity contribution in [3.05, 3.63) is 53.7 Å². The largest absolute Gasteiger partial charge is 0.447 e. The average Bonchev–Trinajstić information content (AvgIpc) is 2.67. The first-order valence-electron chi connectivity index (χ1n) is 4.55. The van der Waals surface area contributed by atoms with E-state index in [0.717, 1.165) is 17.9 Å². The van der Waals surface area contributed by atoms with Crippen molar-refractivity contribution in [2.75, 3.05) is 0 Å². The van der Waals surface area contributed by atoms with Gasteiger partial charge in [0, 0.05) is 6.42 Å². The fourth-order valence-corrected chi connectivity index (χ4v) is 1.39. The highest BCUT2D eigenvalue weighted by Crippen LogP contribution is 2.11. The molecule has 1 heterocycles. The molecular weight excluding hydrogens is 176 g/mol. The van der Waals surface area contributed by atoms with Crippen LogP contribution in [-0.4, -0.2) is 4.98 Å². The van der Waals surface area contributed by atoms with Crippen molar-refractivity contribution in [2.45, 2.75) is 13.0 Å². The van der Waals surface area contributed by atoms with Gasteiger partial charge in [-0.1, -0.05) is 30.3 Å². The fourth-order valence-electron chi connectivity index (χ4n) is 1.39. The Bertz CT molecular complexity index is 395. The van der Waals surface area contributed by atoms with Crippen LogP contribution in [0.1, 0.15) is 17.0 Å². The third-order valence-electron chi connectivity index (χ3n) is 2.13. The molecule has 72 valence electrons. The van der Waals surface area contributed by atoms with Crippen LogP contribution < -0.4 is 5.73 Å². The van der Waals surface area contributed by atoms with E-state index >= 15 is 0 Å². The van der Waals surface area contributed by atoms with Crippen molar-refractivity contribution in [2.24, 2.45) is 5.73 Å². The number of benzene rings is 1. The van der Waals surface area contributed by atoms with Crippen molar-refractivity contribution >= 4 is 0 Å². The van der Waals surface area contributed by atoms with Crippen molar-refractivity contribution in [3.63, 3.8) is 0 Å². The van der Waals surface area contributed by atoms with Gasteiger partial charge in [-0.05, 0) is 5.56 Å². The summed E-state index contributed by atoms with van der Waals surface area (Å²) in [5.74, 6) is 0.772. The maximum Gasteiger partial charge on any atom is 0.181 e. The molecule has 0 fully saturated rings. The van der Waals surface area contributed by atoms with Gasteiger partial charge in [-0.25, -0.2) is 4.98 Å². The molecule has 0 spiro atoms. The van der Waals surface area contributed by atoms with Crippen LogP contribution in [0, 0.1) is 0 Å². The summed E-state index contributed by atoms with van der Waals surface area (Å²) in [5, 5.41) is 0. The number of hydrogen-bond acceptors (Lipinski definition) is 3. The summed E-state index contributed by atoms with van der Waals surface area (Å²) in [4.78, 5) is 4.14. The lowest BCUT2D eigenvalue weighted by Gasteiger charge is -1.98. The van der Waals surface area contributed by atoms with Gasteiger partial charge in [0.2, 0.25) is 0 Å². The van der Waals surface area contributed by atoms with E-state index in [4.69, 9.17) is 10.2 Å². The second-order valence-corrected chi connectivity index (χ2v) is 3.09. The summed E-state index contributed by atoms with van der Waals surface area (Å²) in [6.07, 6.45) is 2.23. The second-order valence-electron chi connectivity index (χ2n) is 3.09. The molecule has 0 aliphatic heterocycles. The molecule has 3 heteroatoms. The predicted molar refractivity (Wildman–Crippen MR) is 53.6 cm³/mol. The SMILES string of the molecule is NCc1ocnc1Cc1ccccc1. The molecule has 0 saturated carbocycles. The number of aromatic nitrogens is 1. The Morgan fingerprint density at radius 1 is 1.21 bits per heavy atom. The van der Waals surface area contributed by atoms with E-state index in [1.807, 2.05) is 18.2 Å². The second kappa shape index (κ2) is 4.07. The topological polar surface area (TPSA) is 52.0 Å². The lowest BCUT2D eigenvalue weighted by atomic mass is 10.1. The van der Waals surface area contributed by atoms with E-state index in [9.17, 15) is 0 Å². The molecule has 2 N–H and O–H groups in total. The van der Waals surface area contributed by atoms with Crippen molar-refractivity contribution in [1.29, 1.82) is 0 Å². The zero-order valence-electron chi connectivity index (χ0n) is 7.81. The van der Waals surface area contributed by atoms with Crippen LogP contribution in [-0.2, 0) is 13.0 Å². The predicted octanol–water partition coefficient (Wildman–Crippen LogP) is 1.72. The van der Waals surface area contributed by atoms with E-state index < -0.39 is 0 Å². The first kappa shape index (κ1) is 8.97. The van der Waals surface area contributed by atoms with Crippen LogP contribution in [0.4, 0.5) is 0 Å². The number of oxazole rings is 1. The van der Waals surface area contributed by atoms with Crippen LogP contribution in [0.2, 0.25) is 0 Å². The molecule has 1 aromatic heterocycles. The van der Waals surface area contributed by atoms with Crippen LogP contribution in [0.5, 0.6) is 0 Å². The Hall–Kier alpha value is -1.61. The maximum absolute atomic E-state index is 5.51. The van der Waals surface area contributed by atoms with Crippen LogP contribution in [0.25, 0.3) is 0 Å². The first-order chi connectivity index (χ1) is 6.90. The van der Waals surface area contributed by atoms with Gasteiger partial charge in [-0.3, -0.25) is 0 Å². The molecule has 0 aliphatic carbocycles. The summed E-state index contributed by atoms with van der Waals surface area (Å²) >= 11 is 0. The summed E-state index contributed by atoms with van der Waals surface area (Å²) in [5.41, 5.74) is 7.66. The molecule has 2 aromatic rings. The maximum atomic E-state index is 5.51. The minimum Gasteiger partial charge on any atom is -0.447 e. The van der Waals surface area contributed by atoms with Crippen LogP contribution in [0.15, 0.2) is 41.1 Å². The van der Waals surface area contributed by atoms with Crippen molar-refractivity contribution in [1.82, 2.24) is 4.98 Å². The van der Waals surface area contributed by atoms with Crippen molar-refractivity contribution < 1.29 is 4.42 Å². The van der Waals surface area contributed by atoms with Gasteiger partial charge in [-0.2, -0.15) is 0 Å². The van der Waals surface area contributed by atoms with Gasteiger partial charge < -0.3 is 10.2 Å². The minimum atomic E-state index is 0.405. The fraction of sp³-hybridized carbons (Fsp3) is 0.182. The number of rotatable bonds is 3. The van der Waals surface area contributed by atoms with E-state index in [1.54, 1.807) is 0 Å². The van der Waals surface area contributed by atoms with Gasteiger partial charge in [0.15, 0.2) is 6.39 Å². The molecule has 0 saturated heterocycles. The van der Waals surface area contributed by atoms with Crippen LogP contribution >= 0.6 is 0 Å². The zero-order valence-corrected chi connectivity index (χ0v) is 7.81. The molecule has 0 atom stereocenters. The van der Waals surface area contributed by atoms with Gasteiger partial charge in [0.25, 0.3) is 0 Å². The molecule has 0 unspecified atom stereocenters.